The average Bonchev–Trinajstić information content (AvgIpc) is 2.73. The van der Waals surface area contributed by atoms with E-state index in [9.17, 15) is 9.59 Å². The minimum Gasteiger partial charge on any atom is -0.450 e. The monoisotopic (exact) mass is 364 g/mol. The van der Waals surface area contributed by atoms with Crippen LogP contribution in [0.3, 0.4) is 0 Å². The van der Waals surface area contributed by atoms with Gasteiger partial charge in [0.15, 0.2) is 0 Å². The lowest BCUT2D eigenvalue weighted by Gasteiger charge is -2.34. The lowest BCUT2D eigenvalue weighted by Crippen LogP contribution is -2.50. The second-order valence-corrected chi connectivity index (χ2v) is 6.10. The predicted octanol–water partition coefficient (Wildman–Crippen LogP) is 2.53. The number of hydrogen-bond acceptors (Lipinski definition) is 5. The number of piperazine rings is 1. The molecular weight excluding hydrogens is 344 g/mol. The molecule has 1 aromatic heterocycles. The van der Waals surface area contributed by atoms with Crippen LogP contribution in [0.25, 0.3) is 11.1 Å². The fourth-order valence-corrected chi connectivity index (χ4v) is 2.95. The SMILES string of the molecule is CCOC(=O)N1CCN(C(=O)c2cccc(-c3ccc(C#N)nc3)c2)CC1. The van der Waals surface area contributed by atoms with Crippen LogP contribution in [-0.2, 0) is 4.74 Å². The molecule has 138 valence electrons. The Hall–Kier alpha value is -3.40. The molecule has 0 atom stereocenters. The molecular formula is C20H20N4O3. The maximum atomic E-state index is 12.8. The standard InChI is InChI=1S/C20H20N4O3/c1-2-27-20(26)24-10-8-23(9-11-24)19(25)16-5-3-4-15(12-16)17-6-7-18(13-21)22-14-17/h3-7,12,14H,2,8-11H2,1H3. The number of hydrogen-bond donors (Lipinski definition) is 0. The fourth-order valence-electron chi connectivity index (χ4n) is 2.95. The van der Waals surface area contributed by atoms with Crippen molar-refractivity contribution in [1.29, 1.82) is 5.26 Å². The van der Waals surface area contributed by atoms with E-state index in [1.807, 2.05) is 30.3 Å². The highest BCUT2D eigenvalue weighted by Crippen LogP contribution is 2.21. The quantitative estimate of drug-likeness (QED) is 0.835. The van der Waals surface area contributed by atoms with Crippen LogP contribution in [0.15, 0.2) is 42.6 Å². The molecule has 3 rings (SSSR count). The third-order valence-corrected chi connectivity index (χ3v) is 4.41. The molecule has 27 heavy (non-hydrogen) atoms. The van der Waals surface area contributed by atoms with Gasteiger partial charge >= 0.3 is 6.09 Å². The Morgan fingerprint density at radius 1 is 1.11 bits per heavy atom. The first kappa shape index (κ1) is 18.4. The van der Waals surface area contributed by atoms with Crippen LogP contribution < -0.4 is 0 Å². The van der Waals surface area contributed by atoms with Crippen molar-refractivity contribution in [3.8, 4) is 17.2 Å². The van der Waals surface area contributed by atoms with Gasteiger partial charge in [-0.05, 0) is 36.8 Å². The van der Waals surface area contributed by atoms with Crippen LogP contribution in [0.5, 0.6) is 0 Å². The van der Waals surface area contributed by atoms with Gasteiger partial charge in [-0.15, -0.1) is 0 Å². The van der Waals surface area contributed by atoms with Gasteiger partial charge < -0.3 is 14.5 Å². The molecule has 1 fully saturated rings. The van der Waals surface area contributed by atoms with Crippen molar-refractivity contribution in [2.24, 2.45) is 0 Å². The molecule has 0 spiro atoms. The summed E-state index contributed by atoms with van der Waals surface area (Å²) in [5.74, 6) is -0.0676. The molecule has 2 aromatic rings. The van der Waals surface area contributed by atoms with Crippen LogP contribution in [0, 0.1) is 11.3 Å². The molecule has 2 heterocycles. The van der Waals surface area contributed by atoms with Gasteiger partial charge in [0.1, 0.15) is 11.8 Å². The zero-order valence-corrected chi connectivity index (χ0v) is 15.1. The Morgan fingerprint density at radius 2 is 1.85 bits per heavy atom. The number of nitrogens with zero attached hydrogens (tertiary/aromatic N) is 4. The molecule has 7 heteroatoms. The molecule has 1 aliphatic heterocycles. The zero-order chi connectivity index (χ0) is 19.2. The molecule has 1 saturated heterocycles. The Morgan fingerprint density at radius 3 is 2.48 bits per heavy atom. The first-order chi connectivity index (χ1) is 13.1. The number of nitriles is 1. The molecule has 0 unspecified atom stereocenters. The predicted molar refractivity (Wildman–Crippen MR) is 98.9 cm³/mol. The summed E-state index contributed by atoms with van der Waals surface area (Å²) >= 11 is 0. The van der Waals surface area contributed by atoms with Crippen molar-refractivity contribution >= 4 is 12.0 Å². The smallest absolute Gasteiger partial charge is 0.409 e. The second-order valence-electron chi connectivity index (χ2n) is 6.10. The molecule has 1 aliphatic rings. The Kier molecular flexibility index (Phi) is 5.67. The summed E-state index contributed by atoms with van der Waals surface area (Å²) < 4.78 is 5.00. The van der Waals surface area contributed by atoms with Crippen molar-refractivity contribution in [2.45, 2.75) is 6.92 Å². The summed E-state index contributed by atoms with van der Waals surface area (Å²) in [5, 5.41) is 8.85. The number of ether oxygens (including phenoxy) is 1. The van der Waals surface area contributed by atoms with Crippen LogP contribution in [-0.4, -0.2) is 59.6 Å². The maximum absolute atomic E-state index is 12.8. The van der Waals surface area contributed by atoms with Crippen molar-refractivity contribution in [2.75, 3.05) is 32.8 Å². The van der Waals surface area contributed by atoms with Gasteiger partial charge in [0.25, 0.3) is 5.91 Å². The highest BCUT2D eigenvalue weighted by Gasteiger charge is 2.25. The van der Waals surface area contributed by atoms with E-state index in [0.717, 1.165) is 11.1 Å². The second kappa shape index (κ2) is 8.32. The van der Waals surface area contributed by atoms with Gasteiger partial charge in [-0.25, -0.2) is 9.78 Å². The number of carbonyl (C=O) groups excluding carboxylic acids is 2. The van der Waals surface area contributed by atoms with Gasteiger partial charge in [0.05, 0.1) is 6.61 Å². The van der Waals surface area contributed by atoms with E-state index >= 15 is 0 Å². The van der Waals surface area contributed by atoms with E-state index in [-0.39, 0.29) is 12.0 Å². The van der Waals surface area contributed by atoms with E-state index in [4.69, 9.17) is 10.00 Å². The zero-order valence-electron chi connectivity index (χ0n) is 15.1. The highest BCUT2D eigenvalue weighted by molar-refractivity contribution is 5.95. The fraction of sp³-hybridized carbons (Fsp3) is 0.300. The number of carbonyl (C=O) groups is 2. The van der Waals surface area contributed by atoms with Crippen LogP contribution in [0.4, 0.5) is 4.79 Å². The van der Waals surface area contributed by atoms with Crippen molar-refractivity contribution < 1.29 is 14.3 Å². The first-order valence-electron chi connectivity index (χ1n) is 8.80. The number of amides is 2. The van der Waals surface area contributed by atoms with Gasteiger partial charge in [0, 0.05) is 43.5 Å². The van der Waals surface area contributed by atoms with E-state index in [1.54, 1.807) is 35.1 Å². The lowest BCUT2D eigenvalue weighted by molar-refractivity contribution is 0.0570. The molecule has 2 amide bonds. The summed E-state index contributed by atoms with van der Waals surface area (Å²) in [6, 6.07) is 12.8. The van der Waals surface area contributed by atoms with Gasteiger partial charge in [-0.2, -0.15) is 5.26 Å². The Balaban J connectivity index is 1.69. The topological polar surface area (TPSA) is 86.5 Å². The summed E-state index contributed by atoms with van der Waals surface area (Å²) in [7, 11) is 0. The summed E-state index contributed by atoms with van der Waals surface area (Å²) in [4.78, 5) is 32.0. The van der Waals surface area contributed by atoms with Crippen LogP contribution in [0.1, 0.15) is 23.0 Å². The molecule has 1 aromatic carbocycles. The largest absolute Gasteiger partial charge is 0.450 e. The van der Waals surface area contributed by atoms with Gasteiger partial charge in [0.2, 0.25) is 0 Å². The van der Waals surface area contributed by atoms with E-state index in [1.165, 1.54) is 0 Å². The molecule has 0 saturated carbocycles. The summed E-state index contributed by atoms with van der Waals surface area (Å²) in [6.45, 7) is 3.98. The van der Waals surface area contributed by atoms with E-state index < -0.39 is 0 Å². The number of aromatic nitrogens is 1. The lowest BCUT2D eigenvalue weighted by atomic mass is 10.0. The number of rotatable bonds is 3. The van der Waals surface area contributed by atoms with Crippen molar-refractivity contribution in [3.05, 3.63) is 53.9 Å². The normalized spacial score (nSPS) is 13.8. The molecule has 7 nitrogen and oxygen atoms in total. The van der Waals surface area contributed by atoms with E-state index in [2.05, 4.69) is 4.98 Å². The van der Waals surface area contributed by atoms with Crippen molar-refractivity contribution in [3.63, 3.8) is 0 Å². The number of pyridine rings is 1. The summed E-state index contributed by atoms with van der Waals surface area (Å²) in [6.07, 6.45) is 1.29. The minimum absolute atomic E-state index is 0.0676. The first-order valence-corrected chi connectivity index (χ1v) is 8.80. The summed E-state index contributed by atoms with van der Waals surface area (Å²) in [5.41, 5.74) is 2.64. The number of benzene rings is 1. The van der Waals surface area contributed by atoms with E-state index in [0.29, 0.717) is 44.0 Å². The average molecular weight is 364 g/mol. The highest BCUT2D eigenvalue weighted by atomic mass is 16.6. The molecule has 0 radical (unpaired) electrons. The third kappa shape index (κ3) is 4.23. The molecule has 0 N–H and O–H groups in total. The minimum atomic E-state index is -0.333. The molecule has 0 aliphatic carbocycles. The third-order valence-electron chi connectivity index (χ3n) is 4.41. The van der Waals surface area contributed by atoms with Crippen LogP contribution in [0.2, 0.25) is 0 Å². The van der Waals surface area contributed by atoms with Gasteiger partial charge in [-0.1, -0.05) is 12.1 Å². The Labute approximate surface area is 157 Å². The van der Waals surface area contributed by atoms with Gasteiger partial charge in [-0.3, -0.25) is 4.79 Å². The Bertz CT molecular complexity index is 866. The van der Waals surface area contributed by atoms with Crippen molar-refractivity contribution in [1.82, 2.24) is 14.8 Å². The molecule has 0 bridgehead atoms. The maximum Gasteiger partial charge on any atom is 0.409 e. The van der Waals surface area contributed by atoms with Crippen LogP contribution >= 0.6 is 0 Å².